The fraction of sp³-hybridized carbons (Fsp3) is 0.278. The van der Waals surface area contributed by atoms with Crippen LogP contribution >= 0.6 is 11.6 Å². The van der Waals surface area contributed by atoms with Gasteiger partial charge in [0.05, 0.1) is 7.11 Å². The summed E-state index contributed by atoms with van der Waals surface area (Å²) >= 11 is 5.88. The summed E-state index contributed by atoms with van der Waals surface area (Å²) < 4.78 is 11.3. The average molecular weight is 350 g/mol. The number of halogens is 1. The van der Waals surface area contributed by atoms with E-state index in [-0.39, 0.29) is 0 Å². The molecular formula is C18H20ClNO4. The number of methoxy groups -OCH3 is 1. The van der Waals surface area contributed by atoms with E-state index < -0.39 is 12.0 Å². The van der Waals surface area contributed by atoms with Crippen molar-refractivity contribution in [1.29, 1.82) is 0 Å². The molecule has 6 heteroatoms. The smallest absolute Gasteiger partial charge is 0.320 e. The summed E-state index contributed by atoms with van der Waals surface area (Å²) in [5.74, 6) is 0.299. The van der Waals surface area contributed by atoms with Crippen molar-refractivity contribution in [3.8, 4) is 11.5 Å². The summed E-state index contributed by atoms with van der Waals surface area (Å²) in [6.45, 7) is 2.32. The first-order valence-corrected chi connectivity index (χ1v) is 7.88. The quantitative estimate of drug-likeness (QED) is 0.763. The molecule has 2 aromatic rings. The Morgan fingerprint density at radius 2 is 1.96 bits per heavy atom. The minimum Gasteiger partial charge on any atom is -0.493 e. The van der Waals surface area contributed by atoms with Crippen LogP contribution in [-0.2, 0) is 17.9 Å². The second-order valence-corrected chi connectivity index (χ2v) is 5.74. The molecule has 2 aromatic carbocycles. The molecule has 1 atom stereocenters. The van der Waals surface area contributed by atoms with Gasteiger partial charge in [0, 0.05) is 17.1 Å². The highest BCUT2D eigenvalue weighted by Crippen LogP contribution is 2.32. The van der Waals surface area contributed by atoms with E-state index in [0.29, 0.717) is 29.7 Å². The van der Waals surface area contributed by atoms with Crippen molar-refractivity contribution in [2.24, 2.45) is 0 Å². The molecule has 0 radical (unpaired) electrons. The number of carbonyl (C=O) groups is 1. The van der Waals surface area contributed by atoms with Gasteiger partial charge in [-0.2, -0.15) is 0 Å². The number of carboxylic acid groups (broad SMARTS) is 1. The van der Waals surface area contributed by atoms with Crippen molar-refractivity contribution in [2.45, 2.75) is 26.1 Å². The minimum absolute atomic E-state index is 0.360. The predicted octanol–water partition coefficient (Wildman–Crippen LogP) is 3.49. The van der Waals surface area contributed by atoms with Crippen LogP contribution in [0.2, 0.25) is 5.02 Å². The number of nitrogens with one attached hydrogen (secondary N) is 1. The minimum atomic E-state index is -0.901. The molecule has 0 aliphatic heterocycles. The van der Waals surface area contributed by atoms with Crippen LogP contribution in [0.3, 0.4) is 0 Å². The Balaban J connectivity index is 2.13. The molecule has 0 aliphatic carbocycles. The van der Waals surface area contributed by atoms with Gasteiger partial charge in [0.1, 0.15) is 12.6 Å². The molecule has 2 rings (SSSR count). The molecule has 0 bridgehead atoms. The third kappa shape index (κ3) is 4.88. The van der Waals surface area contributed by atoms with E-state index in [1.165, 1.54) is 0 Å². The molecule has 0 aliphatic rings. The lowest BCUT2D eigenvalue weighted by molar-refractivity contribution is -0.139. The van der Waals surface area contributed by atoms with Gasteiger partial charge in [-0.15, -0.1) is 0 Å². The zero-order valence-corrected chi connectivity index (χ0v) is 14.3. The van der Waals surface area contributed by atoms with Crippen LogP contribution in [0.5, 0.6) is 11.5 Å². The second kappa shape index (κ2) is 8.57. The Kier molecular flexibility index (Phi) is 6.46. The van der Waals surface area contributed by atoms with E-state index in [0.717, 1.165) is 11.1 Å². The molecule has 0 aromatic heterocycles. The van der Waals surface area contributed by atoms with Gasteiger partial charge in [0.2, 0.25) is 0 Å². The summed E-state index contributed by atoms with van der Waals surface area (Å²) in [7, 11) is 1.57. The Hall–Kier alpha value is -2.24. The second-order valence-electron chi connectivity index (χ2n) is 5.30. The van der Waals surface area contributed by atoms with E-state index >= 15 is 0 Å². The van der Waals surface area contributed by atoms with Crippen molar-refractivity contribution in [1.82, 2.24) is 5.32 Å². The maximum absolute atomic E-state index is 10.9. The number of hydrogen-bond donors (Lipinski definition) is 2. The van der Waals surface area contributed by atoms with Crippen molar-refractivity contribution >= 4 is 17.6 Å². The molecule has 0 saturated carbocycles. The SMILES string of the molecule is COc1cccc(CNC(C)C(=O)O)c1OCc1ccc(Cl)cc1. The van der Waals surface area contributed by atoms with Crippen LogP contribution in [0.15, 0.2) is 42.5 Å². The highest BCUT2D eigenvalue weighted by Gasteiger charge is 2.14. The number of aliphatic carboxylic acids is 1. The van der Waals surface area contributed by atoms with E-state index in [9.17, 15) is 4.79 Å². The fourth-order valence-electron chi connectivity index (χ4n) is 2.11. The van der Waals surface area contributed by atoms with Crippen LogP contribution in [0.4, 0.5) is 0 Å². The van der Waals surface area contributed by atoms with Gasteiger partial charge in [0.25, 0.3) is 0 Å². The first-order chi connectivity index (χ1) is 11.5. The van der Waals surface area contributed by atoms with E-state index in [1.807, 2.05) is 24.3 Å². The molecule has 0 saturated heterocycles. The fourth-order valence-corrected chi connectivity index (χ4v) is 2.24. The Bertz CT molecular complexity index is 688. The van der Waals surface area contributed by atoms with Crippen molar-refractivity contribution in [2.75, 3.05) is 7.11 Å². The van der Waals surface area contributed by atoms with Gasteiger partial charge in [-0.1, -0.05) is 35.9 Å². The maximum atomic E-state index is 10.9. The molecule has 0 spiro atoms. The summed E-state index contributed by atoms with van der Waals surface area (Å²) in [6.07, 6.45) is 0. The predicted molar refractivity (Wildman–Crippen MR) is 92.7 cm³/mol. The number of rotatable bonds is 8. The normalized spacial score (nSPS) is 11.8. The van der Waals surface area contributed by atoms with Gasteiger partial charge >= 0.3 is 5.97 Å². The lowest BCUT2D eigenvalue weighted by Crippen LogP contribution is -2.33. The molecule has 2 N–H and O–H groups in total. The van der Waals surface area contributed by atoms with Crippen molar-refractivity contribution in [3.05, 3.63) is 58.6 Å². The molecular weight excluding hydrogens is 330 g/mol. The van der Waals surface area contributed by atoms with Gasteiger partial charge in [-0.3, -0.25) is 4.79 Å². The van der Waals surface area contributed by atoms with Crippen LogP contribution in [0, 0.1) is 0 Å². The van der Waals surface area contributed by atoms with Crippen LogP contribution in [-0.4, -0.2) is 24.2 Å². The Labute approximate surface area is 146 Å². The summed E-state index contributed by atoms with van der Waals surface area (Å²) in [5, 5.41) is 12.6. The van der Waals surface area contributed by atoms with Crippen molar-refractivity contribution < 1.29 is 19.4 Å². The highest BCUT2D eigenvalue weighted by atomic mass is 35.5. The molecule has 128 valence electrons. The Morgan fingerprint density at radius 1 is 1.25 bits per heavy atom. The van der Waals surface area contributed by atoms with E-state index in [4.69, 9.17) is 26.2 Å². The standard InChI is InChI=1S/C18H20ClNO4/c1-12(18(21)22)20-10-14-4-3-5-16(23-2)17(14)24-11-13-6-8-15(19)9-7-13/h3-9,12,20H,10-11H2,1-2H3,(H,21,22). The molecule has 0 fully saturated rings. The lowest BCUT2D eigenvalue weighted by atomic mass is 10.1. The molecule has 24 heavy (non-hydrogen) atoms. The largest absolute Gasteiger partial charge is 0.493 e. The number of para-hydroxylation sites is 1. The molecule has 1 unspecified atom stereocenters. The van der Waals surface area contributed by atoms with Gasteiger partial charge in [0.15, 0.2) is 11.5 Å². The average Bonchev–Trinajstić information content (AvgIpc) is 2.59. The van der Waals surface area contributed by atoms with Gasteiger partial charge in [-0.25, -0.2) is 0 Å². The molecule has 5 nitrogen and oxygen atoms in total. The monoisotopic (exact) mass is 349 g/mol. The third-order valence-corrected chi connectivity index (χ3v) is 3.80. The number of carboxylic acids is 1. The van der Waals surface area contributed by atoms with E-state index in [1.54, 1.807) is 32.2 Å². The first kappa shape index (κ1) is 18.1. The van der Waals surface area contributed by atoms with Crippen LogP contribution < -0.4 is 14.8 Å². The third-order valence-electron chi connectivity index (χ3n) is 3.55. The van der Waals surface area contributed by atoms with Crippen LogP contribution in [0.25, 0.3) is 0 Å². The number of ether oxygens (including phenoxy) is 2. The lowest BCUT2D eigenvalue weighted by Gasteiger charge is -2.16. The summed E-state index contributed by atoms with van der Waals surface area (Å²) in [6, 6.07) is 12.3. The zero-order chi connectivity index (χ0) is 17.5. The number of benzene rings is 2. The highest BCUT2D eigenvalue weighted by molar-refractivity contribution is 6.30. The first-order valence-electron chi connectivity index (χ1n) is 7.50. The Morgan fingerprint density at radius 3 is 2.58 bits per heavy atom. The zero-order valence-electron chi connectivity index (χ0n) is 13.6. The maximum Gasteiger partial charge on any atom is 0.320 e. The van der Waals surface area contributed by atoms with Crippen molar-refractivity contribution in [3.63, 3.8) is 0 Å². The summed E-state index contributed by atoms with van der Waals surface area (Å²) in [5.41, 5.74) is 1.81. The van der Waals surface area contributed by atoms with E-state index in [2.05, 4.69) is 5.32 Å². The van der Waals surface area contributed by atoms with Gasteiger partial charge in [-0.05, 0) is 30.7 Å². The topological polar surface area (TPSA) is 67.8 Å². The van der Waals surface area contributed by atoms with Gasteiger partial charge < -0.3 is 19.9 Å². The number of hydrogen-bond acceptors (Lipinski definition) is 4. The molecule has 0 heterocycles. The van der Waals surface area contributed by atoms with Crippen LogP contribution in [0.1, 0.15) is 18.1 Å². The molecule has 0 amide bonds. The summed E-state index contributed by atoms with van der Waals surface area (Å²) in [4.78, 5) is 10.9.